The van der Waals surface area contributed by atoms with Crippen LogP contribution in [0.25, 0.3) is 10.2 Å². The van der Waals surface area contributed by atoms with Gasteiger partial charge in [-0.05, 0) is 62.9 Å². The van der Waals surface area contributed by atoms with Gasteiger partial charge in [-0.25, -0.2) is 4.98 Å². The van der Waals surface area contributed by atoms with Crippen molar-refractivity contribution in [2.75, 3.05) is 11.1 Å². The second kappa shape index (κ2) is 8.12. The summed E-state index contributed by atoms with van der Waals surface area (Å²) >= 11 is 2.88. The molecule has 0 saturated carbocycles. The Hall–Kier alpha value is -2.45. The van der Waals surface area contributed by atoms with Crippen molar-refractivity contribution in [3.63, 3.8) is 0 Å². The highest BCUT2D eigenvalue weighted by atomic mass is 32.2. The molecule has 2 heterocycles. The topological polar surface area (TPSA) is 81.1 Å². The number of nitrogens with one attached hydrogen (secondary N) is 1. The number of thiophene rings is 1. The van der Waals surface area contributed by atoms with E-state index >= 15 is 0 Å². The molecule has 0 radical (unpaired) electrons. The predicted octanol–water partition coefficient (Wildman–Crippen LogP) is 3.90. The van der Waals surface area contributed by atoms with E-state index in [2.05, 4.69) is 5.32 Å². The van der Waals surface area contributed by atoms with E-state index in [0.29, 0.717) is 23.0 Å². The Morgan fingerprint density at radius 2 is 2.00 bits per heavy atom. The lowest BCUT2D eigenvalue weighted by atomic mass is 10.1. The normalized spacial score (nSPS) is 12.9. The van der Waals surface area contributed by atoms with Crippen LogP contribution in [0.3, 0.4) is 0 Å². The lowest BCUT2D eigenvalue weighted by molar-refractivity contribution is -0.113. The average Bonchev–Trinajstić information content (AvgIpc) is 3.27. The van der Waals surface area contributed by atoms with Crippen LogP contribution in [0, 0.1) is 0 Å². The van der Waals surface area contributed by atoms with Gasteiger partial charge in [-0.1, -0.05) is 11.8 Å². The lowest BCUT2D eigenvalue weighted by Gasteiger charge is -2.10. The Morgan fingerprint density at radius 1 is 1.24 bits per heavy atom. The van der Waals surface area contributed by atoms with Gasteiger partial charge in [0.05, 0.1) is 11.1 Å². The standard InChI is InChI=1S/C21H21N3O3S2/c1-3-24-20(27)18-15-5-4-6-16(15)29-19(18)23-21(24)28-11-17(26)22-14-9-7-13(8-10-14)12(2)25/h7-10H,3-6,11H2,1-2H3,(H,22,26). The zero-order valence-electron chi connectivity index (χ0n) is 16.3. The van der Waals surface area contributed by atoms with Gasteiger partial charge in [0.1, 0.15) is 4.83 Å². The second-order valence-electron chi connectivity index (χ2n) is 6.95. The van der Waals surface area contributed by atoms with E-state index in [9.17, 15) is 14.4 Å². The number of rotatable bonds is 6. The molecule has 1 amide bonds. The quantitative estimate of drug-likeness (QED) is 0.367. The van der Waals surface area contributed by atoms with Gasteiger partial charge in [0, 0.05) is 22.7 Å². The van der Waals surface area contributed by atoms with Crippen molar-refractivity contribution in [3.8, 4) is 0 Å². The summed E-state index contributed by atoms with van der Waals surface area (Å²) in [5.41, 5.74) is 2.41. The molecule has 1 N–H and O–H groups in total. The Morgan fingerprint density at radius 3 is 2.69 bits per heavy atom. The summed E-state index contributed by atoms with van der Waals surface area (Å²) in [6.45, 7) is 3.94. The van der Waals surface area contributed by atoms with Gasteiger partial charge in [-0.2, -0.15) is 0 Å². The Kier molecular flexibility index (Phi) is 5.56. The summed E-state index contributed by atoms with van der Waals surface area (Å²) in [7, 11) is 0. The number of carbonyl (C=O) groups excluding carboxylic acids is 2. The zero-order chi connectivity index (χ0) is 20.5. The van der Waals surface area contributed by atoms with Crippen LogP contribution in [-0.2, 0) is 24.2 Å². The first kappa shape index (κ1) is 19.8. The minimum Gasteiger partial charge on any atom is -0.325 e. The monoisotopic (exact) mass is 427 g/mol. The number of aryl methyl sites for hydroxylation is 2. The smallest absolute Gasteiger partial charge is 0.263 e. The molecule has 29 heavy (non-hydrogen) atoms. The zero-order valence-corrected chi connectivity index (χ0v) is 17.9. The van der Waals surface area contributed by atoms with Crippen molar-refractivity contribution in [1.29, 1.82) is 0 Å². The first-order valence-electron chi connectivity index (χ1n) is 9.56. The number of nitrogens with zero attached hydrogens (tertiary/aromatic N) is 2. The largest absolute Gasteiger partial charge is 0.325 e. The molecule has 8 heteroatoms. The highest BCUT2D eigenvalue weighted by Gasteiger charge is 2.23. The van der Waals surface area contributed by atoms with E-state index in [1.807, 2.05) is 6.92 Å². The van der Waals surface area contributed by atoms with Crippen LogP contribution in [0.5, 0.6) is 0 Å². The van der Waals surface area contributed by atoms with Crippen LogP contribution in [0.15, 0.2) is 34.2 Å². The number of anilines is 1. The summed E-state index contributed by atoms with van der Waals surface area (Å²) in [4.78, 5) is 43.5. The number of aromatic nitrogens is 2. The Balaban J connectivity index is 1.51. The molecule has 150 valence electrons. The minimum absolute atomic E-state index is 0.000343. The van der Waals surface area contributed by atoms with Crippen LogP contribution in [0.2, 0.25) is 0 Å². The molecule has 0 saturated heterocycles. The van der Waals surface area contributed by atoms with Crippen molar-refractivity contribution in [3.05, 3.63) is 50.6 Å². The van der Waals surface area contributed by atoms with Crippen LogP contribution in [0.1, 0.15) is 41.1 Å². The number of hydrogen-bond acceptors (Lipinski definition) is 6. The van der Waals surface area contributed by atoms with E-state index in [4.69, 9.17) is 4.98 Å². The Bertz CT molecular complexity index is 1160. The second-order valence-corrected chi connectivity index (χ2v) is 8.98. The van der Waals surface area contributed by atoms with E-state index in [1.54, 1.807) is 40.2 Å². The molecular weight excluding hydrogens is 406 g/mol. The molecule has 0 unspecified atom stereocenters. The molecule has 1 aliphatic rings. The molecule has 1 aliphatic carbocycles. The van der Waals surface area contributed by atoms with E-state index in [1.165, 1.54) is 29.1 Å². The number of amides is 1. The molecule has 3 aromatic rings. The third-order valence-electron chi connectivity index (χ3n) is 5.01. The fourth-order valence-electron chi connectivity index (χ4n) is 3.56. The first-order chi connectivity index (χ1) is 14.0. The lowest BCUT2D eigenvalue weighted by Crippen LogP contribution is -2.23. The number of Topliss-reactive ketones (excluding diaryl/α,β-unsaturated/α-hetero) is 1. The third kappa shape index (κ3) is 3.86. The van der Waals surface area contributed by atoms with Gasteiger partial charge in [0.15, 0.2) is 10.9 Å². The van der Waals surface area contributed by atoms with Crippen molar-refractivity contribution in [2.45, 2.75) is 44.8 Å². The molecule has 2 aromatic heterocycles. The SMILES string of the molecule is CCn1c(SCC(=O)Nc2ccc(C(C)=O)cc2)nc2sc3c(c2c1=O)CCC3. The van der Waals surface area contributed by atoms with Crippen molar-refractivity contribution >= 4 is 50.7 Å². The highest BCUT2D eigenvalue weighted by Crippen LogP contribution is 2.35. The van der Waals surface area contributed by atoms with Crippen molar-refractivity contribution in [1.82, 2.24) is 9.55 Å². The van der Waals surface area contributed by atoms with E-state index in [-0.39, 0.29) is 23.0 Å². The maximum absolute atomic E-state index is 13.0. The third-order valence-corrected chi connectivity index (χ3v) is 7.18. The summed E-state index contributed by atoms with van der Waals surface area (Å²) in [6, 6.07) is 6.79. The maximum atomic E-state index is 13.0. The number of ketones is 1. The van der Waals surface area contributed by atoms with Gasteiger partial charge < -0.3 is 5.32 Å². The maximum Gasteiger partial charge on any atom is 0.263 e. The molecule has 0 aliphatic heterocycles. The van der Waals surface area contributed by atoms with Crippen LogP contribution in [-0.4, -0.2) is 27.0 Å². The van der Waals surface area contributed by atoms with Crippen molar-refractivity contribution in [2.24, 2.45) is 0 Å². The molecular formula is C21H21N3O3S2. The average molecular weight is 428 g/mol. The van der Waals surface area contributed by atoms with E-state index in [0.717, 1.165) is 29.5 Å². The highest BCUT2D eigenvalue weighted by molar-refractivity contribution is 7.99. The summed E-state index contributed by atoms with van der Waals surface area (Å²) in [5, 5.41) is 4.16. The van der Waals surface area contributed by atoms with Gasteiger partial charge in [-0.15, -0.1) is 11.3 Å². The van der Waals surface area contributed by atoms with Crippen LogP contribution >= 0.6 is 23.1 Å². The molecule has 6 nitrogen and oxygen atoms in total. The number of fused-ring (bicyclic) bond motifs is 3. The summed E-state index contributed by atoms with van der Waals surface area (Å²) in [6.07, 6.45) is 3.08. The molecule has 0 fully saturated rings. The number of carbonyl (C=O) groups is 2. The number of thioether (sulfide) groups is 1. The molecule has 4 rings (SSSR count). The van der Waals surface area contributed by atoms with Crippen LogP contribution < -0.4 is 10.9 Å². The summed E-state index contributed by atoms with van der Waals surface area (Å²) in [5.74, 6) is -0.0504. The molecule has 0 atom stereocenters. The fraction of sp³-hybridized carbons (Fsp3) is 0.333. The van der Waals surface area contributed by atoms with Gasteiger partial charge in [-0.3, -0.25) is 19.0 Å². The first-order valence-corrected chi connectivity index (χ1v) is 11.4. The number of benzene rings is 1. The number of hydrogen-bond donors (Lipinski definition) is 1. The van der Waals surface area contributed by atoms with E-state index < -0.39 is 0 Å². The minimum atomic E-state index is -0.184. The fourth-order valence-corrected chi connectivity index (χ4v) is 5.73. The van der Waals surface area contributed by atoms with Gasteiger partial charge >= 0.3 is 0 Å². The van der Waals surface area contributed by atoms with Gasteiger partial charge in [0.25, 0.3) is 5.56 Å². The van der Waals surface area contributed by atoms with Gasteiger partial charge in [0.2, 0.25) is 5.91 Å². The molecule has 0 bridgehead atoms. The van der Waals surface area contributed by atoms with Crippen molar-refractivity contribution < 1.29 is 9.59 Å². The van der Waals surface area contributed by atoms with Crippen LogP contribution in [0.4, 0.5) is 5.69 Å². The summed E-state index contributed by atoms with van der Waals surface area (Å²) < 4.78 is 1.66. The molecule has 1 aromatic carbocycles. The Labute approximate surface area is 176 Å². The molecule has 0 spiro atoms. The predicted molar refractivity (Wildman–Crippen MR) is 117 cm³/mol.